The summed E-state index contributed by atoms with van der Waals surface area (Å²) in [5.41, 5.74) is 2.89. The summed E-state index contributed by atoms with van der Waals surface area (Å²) in [5.74, 6) is 0.0881. The highest BCUT2D eigenvalue weighted by atomic mass is 32.2. The molecule has 3 aromatic carbocycles. The number of rotatable bonds is 13. The van der Waals surface area contributed by atoms with Crippen LogP contribution in [0.1, 0.15) is 43.9 Å². The topological polar surface area (TPSA) is 96.0 Å². The highest BCUT2D eigenvalue weighted by Gasteiger charge is 2.33. The predicted molar refractivity (Wildman–Crippen MR) is 162 cm³/mol. The van der Waals surface area contributed by atoms with Crippen molar-refractivity contribution in [2.24, 2.45) is 5.92 Å². The van der Waals surface area contributed by atoms with Crippen LogP contribution in [-0.4, -0.2) is 51.4 Å². The molecule has 0 saturated carbocycles. The summed E-state index contributed by atoms with van der Waals surface area (Å²) in [4.78, 5) is 29.1. The van der Waals surface area contributed by atoms with Crippen molar-refractivity contribution in [3.05, 3.63) is 89.5 Å². The van der Waals surface area contributed by atoms with Gasteiger partial charge in [0.25, 0.3) is 10.0 Å². The van der Waals surface area contributed by atoms with E-state index in [0.717, 1.165) is 21.0 Å². The summed E-state index contributed by atoms with van der Waals surface area (Å²) in [5, 5.41) is 2.94. The van der Waals surface area contributed by atoms with Crippen LogP contribution in [0, 0.1) is 19.8 Å². The van der Waals surface area contributed by atoms with Crippen LogP contribution in [0.2, 0.25) is 0 Å². The van der Waals surface area contributed by atoms with Crippen LogP contribution in [0.15, 0.2) is 77.7 Å². The first-order chi connectivity index (χ1) is 19.5. The van der Waals surface area contributed by atoms with Gasteiger partial charge in [0.05, 0.1) is 17.7 Å². The fourth-order valence-corrected chi connectivity index (χ4v) is 6.07. The molecule has 0 fully saturated rings. The third kappa shape index (κ3) is 8.33. The molecule has 0 bridgehead atoms. The lowest BCUT2D eigenvalue weighted by atomic mass is 10.1. The average Bonchev–Trinajstić information content (AvgIpc) is 2.94. The summed E-state index contributed by atoms with van der Waals surface area (Å²) < 4.78 is 34.4. The van der Waals surface area contributed by atoms with Gasteiger partial charge in [-0.15, -0.1) is 0 Å². The molecule has 0 unspecified atom stereocenters. The van der Waals surface area contributed by atoms with Crippen LogP contribution in [0.4, 0.5) is 5.69 Å². The van der Waals surface area contributed by atoms with E-state index < -0.39 is 28.5 Å². The van der Waals surface area contributed by atoms with Gasteiger partial charge in [-0.05, 0) is 79.3 Å². The number of sulfonamides is 1. The lowest BCUT2D eigenvalue weighted by Crippen LogP contribution is -2.52. The second-order valence-electron chi connectivity index (χ2n) is 10.6. The van der Waals surface area contributed by atoms with Crippen LogP contribution in [0.5, 0.6) is 5.75 Å². The highest BCUT2D eigenvalue weighted by molar-refractivity contribution is 7.92. The minimum Gasteiger partial charge on any atom is -0.497 e. The molecule has 0 aliphatic carbocycles. The number of hydrogen-bond donors (Lipinski definition) is 1. The average molecular weight is 580 g/mol. The van der Waals surface area contributed by atoms with Gasteiger partial charge in [-0.2, -0.15) is 0 Å². The zero-order chi connectivity index (χ0) is 30.2. The number of nitrogens with zero attached hydrogens (tertiary/aromatic N) is 2. The smallest absolute Gasteiger partial charge is 0.264 e. The quantitative estimate of drug-likeness (QED) is 0.305. The Bertz CT molecular complexity index is 1420. The van der Waals surface area contributed by atoms with E-state index in [9.17, 15) is 18.0 Å². The highest BCUT2D eigenvalue weighted by Crippen LogP contribution is 2.27. The number of anilines is 1. The van der Waals surface area contributed by atoms with Crippen molar-refractivity contribution in [3.8, 4) is 5.75 Å². The maximum Gasteiger partial charge on any atom is 0.264 e. The lowest BCUT2D eigenvalue weighted by molar-refractivity contribution is -0.140. The predicted octanol–water partition coefficient (Wildman–Crippen LogP) is 5.09. The number of methoxy groups -OCH3 is 1. The van der Waals surface area contributed by atoms with Crippen molar-refractivity contribution in [1.29, 1.82) is 0 Å². The first kappa shape index (κ1) is 31.7. The van der Waals surface area contributed by atoms with E-state index in [1.54, 1.807) is 49.6 Å². The fraction of sp³-hybridized carbons (Fsp3) is 0.375. The van der Waals surface area contributed by atoms with Gasteiger partial charge in [0.1, 0.15) is 18.3 Å². The lowest BCUT2D eigenvalue weighted by Gasteiger charge is -2.33. The molecule has 8 nitrogen and oxygen atoms in total. The molecule has 0 aliphatic rings. The number of ether oxygens (including phenoxy) is 1. The molecule has 0 heterocycles. The molecule has 0 radical (unpaired) electrons. The van der Waals surface area contributed by atoms with E-state index in [1.807, 2.05) is 52.8 Å². The van der Waals surface area contributed by atoms with Gasteiger partial charge < -0.3 is 15.0 Å². The minimum atomic E-state index is -4.11. The van der Waals surface area contributed by atoms with Gasteiger partial charge in [-0.1, -0.05) is 57.2 Å². The molecule has 0 aliphatic heterocycles. The summed E-state index contributed by atoms with van der Waals surface area (Å²) in [6.45, 7) is 9.70. The number of aryl methyl sites for hydroxylation is 2. The van der Waals surface area contributed by atoms with Crippen LogP contribution in [0.3, 0.4) is 0 Å². The number of nitrogens with one attached hydrogen (secondary N) is 1. The van der Waals surface area contributed by atoms with Crippen LogP contribution >= 0.6 is 0 Å². The maximum absolute atomic E-state index is 14.2. The number of amides is 2. The Morgan fingerprint density at radius 1 is 0.927 bits per heavy atom. The molecule has 41 heavy (non-hydrogen) atoms. The molecule has 1 N–H and O–H groups in total. The van der Waals surface area contributed by atoms with Crippen molar-refractivity contribution in [3.63, 3.8) is 0 Å². The van der Waals surface area contributed by atoms with E-state index in [0.29, 0.717) is 24.4 Å². The van der Waals surface area contributed by atoms with E-state index in [1.165, 1.54) is 17.0 Å². The van der Waals surface area contributed by atoms with E-state index >= 15 is 0 Å². The molecule has 220 valence electrons. The molecular weight excluding hydrogens is 538 g/mol. The van der Waals surface area contributed by atoms with Crippen molar-refractivity contribution in [1.82, 2.24) is 10.2 Å². The summed E-state index contributed by atoms with van der Waals surface area (Å²) in [6.07, 6.45) is 0.356. The monoisotopic (exact) mass is 579 g/mol. The first-order valence-corrected chi connectivity index (χ1v) is 15.3. The number of benzene rings is 3. The first-order valence-electron chi connectivity index (χ1n) is 13.8. The normalized spacial score (nSPS) is 12.1. The molecule has 3 aromatic rings. The second kappa shape index (κ2) is 14.2. The van der Waals surface area contributed by atoms with E-state index in [-0.39, 0.29) is 23.3 Å². The van der Waals surface area contributed by atoms with Crippen LogP contribution in [0.25, 0.3) is 0 Å². The standard InChI is InChI=1S/C32H41N3O5S/c1-7-30(32(37)33-20-23(2)3)34(21-26-12-11-13-28(19-26)40-6)31(36)22-35(27-17-24(4)16-25(5)18-27)41(38,39)29-14-9-8-10-15-29/h8-19,23,30H,7,20-22H2,1-6H3,(H,33,37)/t30-/m0/s1. The van der Waals surface area contributed by atoms with Gasteiger partial charge >= 0.3 is 0 Å². The van der Waals surface area contributed by atoms with E-state index in [2.05, 4.69) is 5.32 Å². The number of hydrogen-bond acceptors (Lipinski definition) is 5. The van der Waals surface area contributed by atoms with Crippen LogP contribution in [-0.2, 0) is 26.2 Å². The Morgan fingerprint density at radius 3 is 2.17 bits per heavy atom. The van der Waals surface area contributed by atoms with Gasteiger partial charge in [-0.25, -0.2) is 8.42 Å². The SMILES string of the molecule is CC[C@@H](C(=O)NCC(C)C)N(Cc1cccc(OC)c1)C(=O)CN(c1cc(C)cc(C)c1)S(=O)(=O)c1ccccc1. The van der Waals surface area contributed by atoms with Gasteiger partial charge in [-0.3, -0.25) is 13.9 Å². The maximum atomic E-state index is 14.2. The molecule has 1 atom stereocenters. The molecule has 3 rings (SSSR count). The van der Waals surface area contributed by atoms with Crippen LogP contribution < -0.4 is 14.4 Å². The zero-order valence-corrected chi connectivity index (χ0v) is 25.6. The van der Waals surface area contributed by atoms with Crippen molar-refractivity contribution >= 4 is 27.5 Å². The molecule has 9 heteroatoms. The molecule has 0 spiro atoms. The number of carbonyl (C=O) groups excluding carboxylic acids is 2. The van der Waals surface area contributed by atoms with E-state index in [4.69, 9.17) is 4.74 Å². The van der Waals surface area contributed by atoms with Gasteiger partial charge in [0.15, 0.2) is 0 Å². The molecule has 0 aromatic heterocycles. The zero-order valence-electron chi connectivity index (χ0n) is 24.8. The number of carbonyl (C=O) groups is 2. The van der Waals surface area contributed by atoms with Crippen molar-refractivity contribution < 1.29 is 22.7 Å². The largest absolute Gasteiger partial charge is 0.497 e. The molecular formula is C32H41N3O5S. The third-order valence-electron chi connectivity index (χ3n) is 6.66. The Kier molecular flexibility index (Phi) is 10.9. The fourth-order valence-electron chi connectivity index (χ4n) is 4.65. The van der Waals surface area contributed by atoms with Crippen molar-refractivity contribution in [2.45, 2.75) is 58.5 Å². The van der Waals surface area contributed by atoms with Gasteiger partial charge in [0, 0.05) is 13.1 Å². The Morgan fingerprint density at radius 2 is 1.59 bits per heavy atom. The third-order valence-corrected chi connectivity index (χ3v) is 8.45. The summed E-state index contributed by atoms with van der Waals surface area (Å²) >= 11 is 0. The summed E-state index contributed by atoms with van der Waals surface area (Å²) in [7, 11) is -2.55. The Labute approximate surface area is 244 Å². The molecule has 0 saturated heterocycles. The molecule has 2 amide bonds. The minimum absolute atomic E-state index is 0.0769. The Hall–Kier alpha value is -3.85. The summed E-state index contributed by atoms with van der Waals surface area (Å²) in [6, 6.07) is 20.0. The Balaban J connectivity index is 2.08. The second-order valence-corrected chi connectivity index (χ2v) is 12.5. The van der Waals surface area contributed by atoms with Crippen molar-refractivity contribution in [2.75, 3.05) is 24.5 Å². The van der Waals surface area contributed by atoms with Gasteiger partial charge in [0.2, 0.25) is 11.8 Å².